The van der Waals surface area contributed by atoms with Crippen molar-refractivity contribution >= 4 is 23.6 Å². The van der Waals surface area contributed by atoms with E-state index in [0.717, 1.165) is 31.1 Å². The minimum Gasteiger partial charge on any atom is -0.474 e. The predicted molar refractivity (Wildman–Crippen MR) is 117 cm³/mol. The highest BCUT2D eigenvalue weighted by Gasteiger charge is 2.49. The molecule has 5 fully saturated rings. The monoisotopic (exact) mass is 447 g/mol. The molecular formula is C23H33N3O4S. The summed E-state index contributed by atoms with van der Waals surface area (Å²) in [6.07, 6.45) is 8.78. The number of ether oxygens (including phenoxy) is 1. The number of amides is 2. The third-order valence-corrected chi connectivity index (χ3v) is 9.09. The summed E-state index contributed by atoms with van der Waals surface area (Å²) in [7, 11) is 0. The lowest BCUT2D eigenvalue weighted by atomic mass is 9.54. The summed E-state index contributed by atoms with van der Waals surface area (Å²) in [6, 6.07) is 0.236. The first-order valence-electron chi connectivity index (χ1n) is 11.7. The Hall–Kier alpha value is -1.70. The van der Waals surface area contributed by atoms with Gasteiger partial charge in [-0.3, -0.25) is 9.59 Å². The van der Waals surface area contributed by atoms with Gasteiger partial charge in [0.1, 0.15) is 11.5 Å². The van der Waals surface area contributed by atoms with Crippen LogP contribution in [0, 0.1) is 29.1 Å². The SMILES string of the molecule is CC(C)Sc1c(OCC2(C(N)=O)CCC2)noc1C(=O)NC1C2CC3CC(C2)CC1C3. The molecule has 2 amide bonds. The summed E-state index contributed by atoms with van der Waals surface area (Å²) >= 11 is 1.50. The van der Waals surface area contributed by atoms with E-state index < -0.39 is 5.41 Å². The van der Waals surface area contributed by atoms with Crippen LogP contribution in [0.5, 0.6) is 5.88 Å². The molecule has 0 saturated heterocycles. The van der Waals surface area contributed by atoms with Crippen molar-refractivity contribution in [1.29, 1.82) is 0 Å². The number of nitrogens with zero attached hydrogens (tertiary/aromatic N) is 1. The van der Waals surface area contributed by atoms with Crippen LogP contribution in [0.4, 0.5) is 0 Å². The Morgan fingerprint density at radius 2 is 1.84 bits per heavy atom. The minimum absolute atomic E-state index is 0.178. The van der Waals surface area contributed by atoms with E-state index in [0.29, 0.717) is 22.6 Å². The molecule has 1 heterocycles. The maximum absolute atomic E-state index is 13.2. The van der Waals surface area contributed by atoms with Crippen molar-refractivity contribution < 1.29 is 18.8 Å². The topological polar surface area (TPSA) is 107 Å². The van der Waals surface area contributed by atoms with Crippen LogP contribution in [-0.2, 0) is 4.79 Å². The van der Waals surface area contributed by atoms with E-state index in [4.69, 9.17) is 15.0 Å². The van der Waals surface area contributed by atoms with Gasteiger partial charge < -0.3 is 20.3 Å². The number of thioether (sulfide) groups is 1. The molecule has 1 aromatic heterocycles. The van der Waals surface area contributed by atoms with Gasteiger partial charge >= 0.3 is 0 Å². The van der Waals surface area contributed by atoms with Crippen molar-refractivity contribution in [2.45, 2.75) is 81.4 Å². The molecule has 0 unspecified atom stereocenters. The fraction of sp³-hybridized carbons (Fsp3) is 0.783. The standard InChI is InChI=1S/C23H33N3O4S/c1-12(2)31-19-18(30-26-21(19)29-11-23(22(24)28)4-3-5-23)20(27)25-17-15-7-13-6-14(9-15)10-16(17)8-13/h12-17H,3-11H2,1-2H3,(H2,24,28)(H,25,27). The summed E-state index contributed by atoms with van der Waals surface area (Å²) in [5, 5.41) is 7.59. The molecule has 7 nitrogen and oxygen atoms in total. The molecule has 8 heteroatoms. The lowest BCUT2D eigenvalue weighted by molar-refractivity contribution is -0.135. The molecule has 5 saturated carbocycles. The van der Waals surface area contributed by atoms with Crippen molar-refractivity contribution in [2.24, 2.45) is 34.8 Å². The van der Waals surface area contributed by atoms with E-state index in [9.17, 15) is 9.59 Å². The molecule has 0 aromatic carbocycles. The first-order valence-corrected chi connectivity index (χ1v) is 12.6. The molecule has 31 heavy (non-hydrogen) atoms. The Morgan fingerprint density at radius 3 is 2.35 bits per heavy atom. The number of aromatic nitrogens is 1. The number of nitrogens with one attached hydrogen (secondary N) is 1. The molecule has 3 N–H and O–H groups in total. The van der Waals surface area contributed by atoms with Crippen LogP contribution >= 0.6 is 11.8 Å². The second kappa shape index (κ2) is 8.01. The predicted octanol–water partition coefficient (Wildman–Crippen LogP) is 3.76. The number of primary amides is 1. The molecule has 6 rings (SSSR count). The van der Waals surface area contributed by atoms with E-state index >= 15 is 0 Å². The molecule has 5 aliphatic rings. The van der Waals surface area contributed by atoms with Gasteiger partial charge in [-0.2, -0.15) is 0 Å². The van der Waals surface area contributed by atoms with Crippen LogP contribution in [-0.4, -0.2) is 34.9 Å². The van der Waals surface area contributed by atoms with E-state index in [2.05, 4.69) is 24.3 Å². The van der Waals surface area contributed by atoms with E-state index in [1.54, 1.807) is 0 Å². The summed E-state index contributed by atoms with van der Waals surface area (Å²) < 4.78 is 11.4. The van der Waals surface area contributed by atoms with Crippen LogP contribution in [0.1, 0.15) is 75.8 Å². The highest BCUT2D eigenvalue weighted by Crippen LogP contribution is 2.53. The van der Waals surface area contributed by atoms with Crippen molar-refractivity contribution in [3.63, 3.8) is 0 Å². The smallest absolute Gasteiger partial charge is 0.291 e. The molecule has 1 aromatic rings. The third kappa shape index (κ3) is 3.85. The average Bonchev–Trinajstić information content (AvgIpc) is 3.05. The Labute approximate surface area is 187 Å². The molecule has 5 aliphatic carbocycles. The summed E-state index contributed by atoms with van der Waals surface area (Å²) in [5.41, 5.74) is 4.98. The molecular weight excluding hydrogens is 414 g/mol. The van der Waals surface area contributed by atoms with Crippen LogP contribution in [0.25, 0.3) is 0 Å². The largest absolute Gasteiger partial charge is 0.474 e. The summed E-state index contributed by atoms with van der Waals surface area (Å²) in [6.45, 7) is 4.28. The van der Waals surface area contributed by atoms with Gasteiger partial charge in [0, 0.05) is 11.3 Å². The molecule has 0 aliphatic heterocycles. The second-order valence-corrected chi connectivity index (χ2v) is 12.1. The van der Waals surface area contributed by atoms with Gasteiger partial charge in [0.2, 0.25) is 11.7 Å². The number of carbonyl (C=O) groups is 2. The maximum Gasteiger partial charge on any atom is 0.291 e. The van der Waals surface area contributed by atoms with Crippen LogP contribution in [0.15, 0.2) is 9.42 Å². The highest BCUT2D eigenvalue weighted by molar-refractivity contribution is 8.00. The van der Waals surface area contributed by atoms with Crippen LogP contribution in [0.2, 0.25) is 0 Å². The fourth-order valence-electron chi connectivity index (χ4n) is 6.49. The quantitative estimate of drug-likeness (QED) is 0.588. The number of nitrogens with two attached hydrogens (primary N) is 1. The van der Waals surface area contributed by atoms with Gasteiger partial charge in [0.15, 0.2) is 0 Å². The fourth-order valence-corrected chi connectivity index (χ4v) is 7.40. The average molecular weight is 448 g/mol. The third-order valence-electron chi connectivity index (χ3n) is 8.02. The Balaban J connectivity index is 1.31. The van der Waals surface area contributed by atoms with Gasteiger partial charge in [0.25, 0.3) is 11.8 Å². The Kier molecular flexibility index (Phi) is 5.47. The number of carbonyl (C=O) groups excluding carboxylic acids is 2. The zero-order valence-corrected chi connectivity index (χ0v) is 19.2. The number of rotatable bonds is 8. The first-order chi connectivity index (χ1) is 14.8. The van der Waals surface area contributed by atoms with Crippen molar-refractivity contribution in [1.82, 2.24) is 10.5 Å². The number of hydrogen-bond acceptors (Lipinski definition) is 6. The zero-order chi connectivity index (χ0) is 21.8. The van der Waals surface area contributed by atoms with Crippen molar-refractivity contribution in [2.75, 3.05) is 6.61 Å². The number of hydrogen-bond donors (Lipinski definition) is 2. The van der Waals surface area contributed by atoms with E-state index in [1.165, 1.54) is 43.9 Å². The second-order valence-electron chi connectivity index (χ2n) is 10.5. The Morgan fingerprint density at radius 1 is 1.19 bits per heavy atom. The highest BCUT2D eigenvalue weighted by atomic mass is 32.2. The molecule has 0 radical (unpaired) electrons. The van der Waals surface area contributed by atoms with Gasteiger partial charge in [0.05, 0.1) is 5.41 Å². The lowest BCUT2D eigenvalue weighted by Gasteiger charge is -2.54. The van der Waals surface area contributed by atoms with Gasteiger partial charge in [-0.05, 0) is 73.8 Å². The lowest BCUT2D eigenvalue weighted by Crippen LogP contribution is -2.55. The first kappa shape index (κ1) is 21.2. The Bertz CT molecular complexity index is 835. The van der Waals surface area contributed by atoms with Gasteiger partial charge in [-0.1, -0.05) is 20.3 Å². The van der Waals surface area contributed by atoms with Crippen molar-refractivity contribution in [3.05, 3.63) is 5.76 Å². The molecule has 4 bridgehead atoms. The normalized spacial score (nSPS) is 32.7. The molecule has 0 spiro atoms. The van der Waals surface area contributed by atoms with E-state index in [1.807, 2.05) is 0 Å². The maximum atomic E-state index is 13.2. The van der Waals surface area contributed by atoms with E-state index in [-0.39, 0.29) is 35.5 Å². The van der Waals surface area contributed by atoms with Gasteiger partial charge in [-0.25, -0.2) is 0 Å². The van der Waals surface area contributed by atoms with Crippen LogP contribution in [0.3, 0.4) is 0 Å². The van der Waals surface area contributed by atoms with Crippen LogP contribution < -0.4 is 15.8 Å². The minimum atomic E-state index is -0.623. The molecule has 170 valence electrons. The van der Waals surface area contributed by atoms with Gasteiger partial charge in [-0.15, -0.1) is 11.8 Å². The van der Waals surface area contributed by atoms with Crippen molar-refractivity contribution in [3.8, 4) is 5.88 Å². The summed E-state index contributed by atoms with van der Waals surface area (Å²) in [5.74, 6) is 2.89. The summed E-state index contributed by atoms with van der Waals surface area (Å²) in [4.78, 5) is 25.7. The molecule has 0 atom stereocenters. The zero-order valence-electron chi connectivity index (χ0n) is 18.4.